The van der Waals surface area contributed by atoms with E-state index in [1.165, 1.54) is 0 Å². The fraction of sp³-hybridized carbons (Fsp3) is 0.429. The summed E-state index contributed by atoms with van der Waals surface area (Å²) in [4.78, 5) is 15.6. The van der Waals surface area contributed by atoms with Crippen molar-refractivity contribution in [3.63, 3.8) is 0 Å². The second-order valence-electron chi connectivity index (χ2n) is 4.48. The van der Waals surface area contributed by atoms with Crippen LogP contribution in [0, 0.1) is 0 Å². The Kier molecular flexibility index (Phi) is 4.39. The largest absolute Gasteiger partial charge is 0.474 e. The van der Waals surface area contributed by atoms with E-state index in [1.807, 2.05) is 13.0 Å². The molecule has 1 aromatic heterocycles. The van der Waals surface area contributed by atoms with E-state index in [-0.39, 0.29) is 5.70 Å². The number of nitrogens with zero attached hydrogens (tertiary/aromatic N) is 1. The fourth-order valence-electron chi connectivity index (χ4n) is 1.42. The molecule has 2 N–H and O–H groups in total. The molecule has 0 spiro atoms. The van der Waals surface area contributed by atoms with Gasteiger partial charge < -0.3 is 15.2 Å². The van der Waals surface area contributed by atoms with E-state index >= 15 is 0 Å². The number of hydrogen-bond acceptors (Lipinski definition) is 5. The Morgan fingerprint density at radius 2 is 2.32 bits per heavy atom. The van der Waals surface area contributed by atoms with Crippen LogP contribution in [-0.4, -0.2) is 23.7 Å². The first-order valence-corrected chi connectivity index (χ1v) is 6.46. The molecule has 0 bridgehead atoms. The number of hydrogen-bond donors (Lipinski definition) is 1. The SMILES string of the molecule is CCCOC(=O)/C(N)=C/c1ccc(OC2CC2)nc1. The van der Waals surface area contributed by atoms with Gasteiger partial charge in [-0.15, -0.1) is 0 Å². The van der Waals surface area contributed by atoms with Gasteiger partial charge in [0, 0.05) is 12.3 Å². The second kappa shape index (κ2) is 6.22. The van der Waals surface area contributed by atoms with Crippen LogP contribution in [0.25, 0.3) is 6.08 Å². The monoisotopic (exact) mass is 262 g/mol. The Hall–Kier alpha value is -2.04. The maximum atomic E-state index is 11.5. The number of carbonyl (C=O) groups excluding carboxylic acids is 1. The van der Waals surface area contributed by atoms with Crippen molar-refractivity contribution < 1.29 is 14.3 Å². The molecule has 102 valence electrons. The number of esters is 1. The van der Waals surface area contributed by atoms with Crippen molar-refractivity contribution in [3.05, 3.63) is 29.6 Å². The van der Waals surface area contributed by atoms with Crippen molar-refractivity contribution in [3.8, 4) is 5.88 Å². The molecule has 0 saturated heterocycles. The Bertz CT molecular complexity index is 464. The molecule has 1 aromatic rings. The highest BCUT2D eigenvalue weighted by Crippen LogP contribution is 2.25. The van der Waals surface area contributed by atoms with Gasteiger partial charge >= 0.3 is 5.97 Å². The molecule has 19 heavy (non-hydrogen) atoms. The molecule has 1 heterocycles. The lowest BCUT2D eigenvalue weighted by Gasteiger charge is -2.04. The zero-order valence-corrected chi connectivity index (χ0v) is 11.0. The number of carbonyl (C=O) groups is 1. The molecule has 1 saturated carbocycles. The van der Waals surface area contributed by atoms with Gasteiger partial charge in [-0.25, -0.2) is 9.78 Å². The summed E-state index contributed by atoms with van der Waals surface area (Å²) in [6, 6.07) is 3.58. The van der Waals surface area contributed by atoms with Crippen molar-refractivity contribution in [2.75, 3.05) is 6.61 Å². The lowest BCUT2D eigenvalue weighted by molar-refractivity contribution is -0.139. The minimum atomic E-state index is -0.500. The highest BCUT2D eigenvalue weighted by molar-refractivity contribution is 5.92. The quantitative estimate of drug-likeness (QED) is 0.625. The van der Waals surface area contributed by atoms with Gasteiger partial charge in [0.25, 0.3) is 0 Å². The summed E-state index contributed by atoms with van der Waals surface area (Å²) in [5, 5.41) is 0. The Labute approximate surface area is 112 Å². The van der Waals surface area contributed by atoms with Crippen LogP contribution in [0.5, 0.6) is 5.88 Å². The third-order valence-corrected chi connectivity index (χ3v) is 2.57. The molecule has 0 radical (unpaired) electrons. The molecule has 0 aromatic carbocycles. The number of pyridine rings is 1. The first-order chi connectivity index (χ1) is 9.19. The van der Waals surface area contributed by atoms with E-state index in [0.717, 1.165) is 24.8 Å². The van der Waals surface area contributed by atoms with E-state index in [1.54, 1.807) is 18.3 Å². The summed E-state index contributed by atoms with van der Waals surface area (Å²) in [7, 11) is 0. The summed E-state index contributed by atoms with van der Waals surface area (Å²) in [6.07, 6.45) is 6.46. The molecule has 1 aliphatic rings. The summed E-state index contributed by atoms with van der Waals surface area (Å²) in [5.41, 5.74) is 6.47. The zero-order valence-electron chi connectivity index (χ0n) is 11.0. The molecule has 5 heteroatoms. The van der Waals surface area contributed by atoms with Gasteiger partial charge in [-0.1, -0.05) is 6.92 Å². The van der Waals surface area contributed by atoms with Crippen molar-refractivity contribution in [1.29, 1.82) is 0 Å². The summed E-state index contributed by atoms with van der Waals surface area (Å²) >= 11 is 0. The van der Waals surface area contributed by atoms with Crippen molar-refractivity contribution in [1.82, 2.24) is 4.98 Å². The average molecular weight is 262 g/mol. The van der Waals surface area contributed by atoms with Crippen molar-refractivity contribution in [2.24, 2.45) is 5.73 Å². The number of rotatable bonds is 6. The molecular weight excluding hydrogens is 244 g/mol. The third kappa shape index (κ3) is 4.28. The summed E-state index contributed by atoms with van der Waals surface area (Å²) < 4.78 is 10.5. The molecule has 0 unspecified atom stereocenters. The van der Waals surface area contributed by atoms with Crippen molar-refractivity contribution in [2.45, 2.75) is 32.3 Å². The Morgan fingerprint density at radius 3 is 2.89 bits per heavy atom. The predicted octanol–water partition coefficient (Wildman–Crippen LogP) is 1.88. The third-order valence-electron chi connectivity index (χ3n) is 2.57. The highest BCUT2D eigenvalue weighted by atomic mass is 16.5. The van der Waals surface area contributed by atoms with E-state index < -0.39 is 5.97 Å². The lowest BCUT2D eigenvalue weighted by Crippen LogP contribution is -2.15. The number of aromatic nitrogens is 1. The standard InChI is InChI=1S/C14H18N2O3/c1-2-7-18-14(17)12(15)8-10-3-6-13(16-9-10)19-11-4-5-11/h3,6,8-9,11H,2,4-5,7,15H2,1H3/b12-8-. The number of nitrogens with two attached hydrogens (primary N) is 1. The highest BCUT2D eigenvalue weighted by Gasteiger charge is 2.23. The molecule has 1 aliphatic carbocycles. The smallest absolute Gasteiger partial charge is 0.354 e. The summed E-state index contributed by atoms with van der Waals surface area (Å²) in [5.74, 6) is 0.104. The van der Waals surface area contributed by atoms with E-state index in [9.17, 15) is 4.79 Å². The van der Waals surface area contributed by atoms with Crippen LogP contribution in [-0.2, 0) is 9.53 Å². The molecule has 0 atom stereocenters. The van der Waals surface area contributed by atoms with Gasteiger partial charge in [-0.2, -0.15) is 0 Å². The van der Waals surface area contributed by atoms with Crippen LogP contribution in [0.15, 0.2) is 24.0 Å². The van der Waals surface area contributed by atoms with Crippen LogP contribution in [0.4, 0.5) is 0 Å². The summed E-state index contributed by atoms with van der Waals surface area (Å²) in [6.45, 7) is 2.30. The molecule has 0 aliphatic heterocycles. The first kappa shape index (κ1) is 13.4. The van der Waals surface area contributed by atoms with Crippen molar-refractivity contribution >= 4 is 12.0 Å². The zero-order chi connectivity index (χ0) is 13.7. The van der Waals surface area contributed by atoms with E-state index in [2.05, 4.69) is 4.98 Å². The lowest BCUT2D eigenvalue weighted by atomic mass is 10.2. The Balaban J connectivity index is 1.94. The minimum Gasteiger partial charge on any atom is -0.474 e. The van der Waals surface area contributed by atoms with Gasteiger partial charge in [0.15, 0.2) is 0 Å². The topological polar surface area (TPSA) is 74.4 Å². The van der Waals surface area contributed by atoms with Gasteiger partial charge in [0.1, 0.15) is 11.8 Å². The van der Waals surface area contributed by atoms with Crippen LogP contribution in [0.2, 0.25) is 0 Å². The van der Waals surface area contributed by atoms with Gasteiger partial charge in [0.05, 0.1) is 6.61 Å². The average Bonchev–Trinajstić information content (AvgIpc) is 3.22. The fourth-order valence-corrected chi connectivity index (χ4v) is 1.42. The molecule has 0 amide bonds. The normalized spacial score (nSPS) is 15.1. The van der Waals surface area contributed by atoms with E-state index in [0.29, 0.717) is 18.6 Å². The Morgan fingerprint density at radius 1 is 1.53 bits per heavy atom. The van der Waals surface area contributed by atoms with Gasteiger partial charge in [-0.05, 0) is 37.0 Å². The van der Waals surface area contributed by atoms with Gasteiger partial charge in [-0.3, -0.25) is 0 Å². The van der Waals surface area contributed by atoms with Crippen LogP contribution < -0.4 is 10.5 Å². The minimum absolute atomic E-state index is 0.0751. The van der Waals surface area contributed by atoms with Crippen LogP contribution in [0.3, 0.4) is 0 Å². The van der Waals surface area contributed by atoms with Gasteiger partial charge in [0.2, 0.25) is 5.88 Å². The molecule has 1 fully saturated rings. The second-order valence-corrected chi connectivity index (χ2v) is 4.48. The van der Waals surface area contributed by atoms with E-state index in [4.69, 9.17) is 15.2 Å². The first-order valence-electron chi connectivity index (χ1n) is 6.46. The predicted molar refractivity (Wildman–Crippen MR) is 71.3 cm³/mol. The van der Waals surface area contributed by atoms with Crippen LogP contribution in [0.1, 0.15) is 31.7 Å². The maximum absolute atomic E-state index is 11.5. The number of ether oxygens (including phenoxy) is 2. The molecule has 5 nitrogen and oxygen atoms in total. The molecular formula is C14H18N2O3. The van der Waals surface area contributed by atoms with Crippen LogP contribution >= 0.6 is 0 Å². The maximum Gasteiger partial charge on any atom is 0.354 e. The molecule has 2 rings (SSSR count).